The van der Waals surface area contributed by atoms with E-state index in [0.717, 1.165) is 38.2 Å². The van der Waals surface area contributed by atoms with Crippen LogP contribution in [0.4, 0.5) is 8.78 Å². The Morgan fingerprint density at radius 1 is 1.03 bits per heavy atom. The molecule has 0 saturated carbocycles. The van der Waals surface area contributed by atoms with Gasteiger partial charge < -0.3 is 5.32 Å². The van der Waals surface area contributed by atoms with E-state index < -0.39 is 0 Å². The second kappa shape index (κ2) is 10.5. The Bertz CT molecular complexity index is 797. The summed E-state index contributed by atoms with van der Waals surface area (Å²) in [5, 5.41) is 2.98. The van der Waals surface area contributed by atoms with Gasteiger partial charge in [0.2, 0.25) is 5.91 Å². The number of benzene rings is 2. The second-order valence-electron chi connectivity index (χ2n) is 7.60. The van der Waals surface area contributed by atoms with E-state index in [1.54, 1.807) is 18.2 Å². The molecule has 1 saturated heterocycles. The first kappa shape index (κ1) is 21.4. The van der Waals surface area contributed by atoms with Crippen LogP contribution in [-0.2, 0) is 17.8 Å². The zero-order valence-electron chi connectivity index (χ0n) is 16.9. The molecule has 29 heavy (non-hydrogen) atoms. The number of hydrogen-bond acceptors (Lipinski definition) is 3. The van der Waals surface area contributed by atoms with Gasteiger partial charge in [-0.3, -0.25) is 14.6 Å². The second-order valence-corrected chi connectivity index (χ2v) is 7.60. The highest BCUT2D eigenvalue weighted by atomic mass is 19.1. The molecule has 1 aliphatic rings. The number of carbonyl (C=O) groups is 1. The molecule has 0 radical (unpaired) electrons. The summed E-state index contributed by atoms with van der Waals surface area (Å²) in [6, 6.07) is 13.0. The average Bonchev–Trinajstić information content (AvgIpc) is 2.96. The van der Waals surface area contributed by atoms with Crippen LogP contribution in [0.1, 0.15) is 24.5 Å². The lowest BCUT2D eigenvalue weighted by Crippen LogP contribution is -2.46. The van der Waals surface area contributed by atoms with Crippen molar-refractivity contribution in [2.24, 2.45) is 0 Å². The molecule has 0 aromatic heterocycles. The zero-order valence-corrected chi connectivity index (χ0v) is 16.9. The molecule has 3 rings (SSSR count). The first-order chi connectivity index (χ1) is 14.0. The third-order valence-electron chi connectivity index (χ3n) is 5.53. The van der Waals surface area contributed by atoms with Crippen molar-refractivity contribution >= 4 is 5.91 Å². The molecule has 6 heteroatoms. The van der Waals surface area contributed by atoms with Gasteiger partial charge in [-0.1, -0.05) is 30.3 Å². The quantitative estimate of drug-likeness (QED) is 0.774. The van der Waals surface area contributed by atoms with Crippen molar-refractivity contribution in [2.75, 3.05) is 32.7 Å². The Balaban J connectivity index is 1.44. The fourth-order valence-corrected chi connectivity index (χ4v) is 3.70. The maximum Gasteiger partial charge on any atom is 0.237 e. The Morgan fingerprint density at radius 3 is 2.55 bits per heavy atom. The van der Waals surface area contributed by atoms with Crippen LogP contribution < -0.4 is 5.32 Å². The van der Waals surface area contributed by atoms with Crippen molar-refractivity contribution in [1.82, 2.24) is 15.1 Å². The molecule has 2 aromatic rings. The molecule has 1 unspecified atom stereocenters. The van der Waals surface area contributed by atoms with Crippen LogP contribution in [0.2, 0.25) is 0 Å². The Labute approximate surface area is 171 Å². The topological polar surface area (TPSA) is 35.6 Å². The molecule has 1 aliphatic heterocycles. The Hall–Kier alpha value is -2.31. The number of amides is 1. The van der Waals surface area contributed by atoms with Gasteiger partial charge in [0.15, 0.2) is 0 Å². The molecule has 1 N–H and O–H groups in total. The molecule has 156 valence electrons. The van der Waals surface area contributed by atoms with Crippen molar-refractivity contribution in [3.05, 3.63) is 71.3 Å². The summed E-state index contributed by atoms with van der Waals surface area (Å²) in [6.45, 7) is 6.38. The van der Waals surface area contributed by atoms with E-state index in [-0.39, 0.29) is 23.6 Å². The molecule has 2 aromatic carbocycles. The van der Waals surface area contributed by atoms with Crippen LogP contribution in [0.5, 0.6) is 0 Å². The van der Waals surface area contributed by atoms with Gasteiger partial charge >= 0.3 is 0 Å². The minimum absolute atomic E-state index is 0.00895. The van der Waals surface area contributed by atoms with E-state index in [1.807, 2.05) is 19.1 Å². The van der Waals surface area contributed by atoms with Gasteiger partial charge in [0.25, 0.3) is 0 Å². The summed E-state index contributed by atoms with van der Waals surface area (Å²) in [6.07, 6.45) is 1.62. The molecule has 4 nitrogen and oxygen atoms in total. The minimum Gasteiger partial charge on any atom is -0.354 e. The fraction of sp³-hybridized carbons (Fsp3) is 0.435. The van der Waals surface area contributed by atoms with Crippen LogP contribution in [-0.4, -0.2) is 54.5 Å². The third kappa shape index (κ3) is 6.34. The van der Waals surface area contributed by atoms with Crippen molar-refractivity contribution in [3.63, 3.8) is 0 Å². The third-order valence-corrected chi connectivity index (χ3v) is 5.53. The van der Waals surface area contributed by atoms with Gasteiger partial charge in [-0.25, -0.2) is 8.78 Å². The van der Waals surface area contributed by atoms with Crippen molar-refractivity contribution in [1.29, 1.82) is 0 Å². The van der Waals surface area contributed by atoms with Gasteiger partial charge in [-0.05, 0) is 50.1 Å². The summed E-state index contributed by atoms with van der Waals surface area (Å²) in [4.78, 5) is 17.0. The number of halogens is 2. The lowest BCUT2D eigenvalue weighted by molar-refractivity contribution is -0.125. The fourth-order valence-electron chi connectivity index (χ4n) is 3.70. The molecular formula is C23H29F2N3O. The van der Waals surface area contributed by atoms with Crippen molar-refractivity contribution in [3.8, 4) is 0 Å². The van der Waals surface area contributed by atoms with E-state index in [1.165, 1.54) is 18.2 Å². The summed E-state index contributed by atoms with van der Waals surface area (Å²) in [7, 11) is 0. The van der Waals surface area contributed by atoms with E-state index in [0.29, 0.717) is 25.1 Å². The maximum absolute atomic E-state index is 13.9. The van der Waals surface area contributed by atoms with Crippen LogP contribution >= 0.6 is 0 Å². The average molecular weight is 402 g/mol. The molecular weight excluding hydrogens is 372 g/mol. The van der Waals surface area contributed by atoms with Crippen LogP contribution in [0.3, 0.4) is 0 Å². The number of hydrogen-bond donors (Lipinski definition) is 1. The Kier molecular flexibility index (Phi) is 7.72. The first-order valence-corrected chi connectivity index (χ1v) is 10.2. The molecule has 1 amide bonds. The van der Waals surface area contributed by atoms with Gasteiger partial charge in [0.05, 0.1) is 6.04 Å². The largest absolute Gasteiger partial charge is 0.354 e. The normalized spacial score (nSPS) is 16.9. The maximum atomic E-state index is 13.9. The molecule has 0 spiro atoms. The van der Waals surface area contributed by atoms with Gasteiger partial charge in [-0.2, -0.15) is 0 Å². The zero-order chi connectivity index (χ0) is 20.6. The monoisotopic (exact) mass is 401 g/mol. The Morgan fingerprint density at radius 2 is 1.79 bits per heavy atom. The van der Waals surface area contributed by atoms with Crippen molar-refractivity contribution < 1.29 is 13.6 Å². The van der Waals surface area contributed by atoms with E-state index in [4.69, 9.17) is 0 Å². The summed E-state index contributed by atoms with van der Waals surface area (Å²) in [5.74, 6) is -0.409. The van der Waals surface area contributed by atoms with Crippen LogP contribution in [0, 0.1) is 11.6 Å². The minimum atomic E-state index is -0.253. The molecule has 1 atom stereocenters. The standard InChI is InChI=1S/C23H29F2N3O/c1-18(23(29)26-12-11-19-7-9-21(24)10-8-19)28-14-4-13-27(15-16-28)17-20-5-2-3-6-22(20)25/h2-3,5-10,18H,4,11-17H2,1H3,(H,26,29). The molecule has 0 bridgehead atoms. The van der Waals surface area contributed by atoms with Crippen LogP contribution in [0.15, 0.2) is 48.5 Å². The summed E-state index contributed by atoms with van der Waals surface area (Å²) in [5.41, 5.74) is 1.71. The number of nitrogens with one attached hydrogen (secondary N) is 1. The summed E-state index contributed by atoms with van der Waals surface area (Å²) < 4.78 is 26.9. The number of rotatable bonds is 7. The predicted octanol–water partition coefficient (Wildman–Crippen LogP) is 3.22. The predicted molar refractivity (Wildman–Crippen MR) is 110 cm³/mol. The van der Waals surface area contributed by atoms with E-state index in [2.05, 4.69) is 15.1 Å². The lowest BCUT2D eigenvalue weighted by atomic mass is 10.1. The first-order valence-electron chi connectivity index (χ1n) is 10.2. The van der Waals surface area contributed by atoms with Crippen molar-refractivity contribution in [2.45, 2.75) is 32.4 Å². The number of carbonyl (C=O) groups excluding carboxylic acids is 1. The summed E-state index contributed by atoms with van der Waals surface area (Å²) >= 11 is 0. The lowest BCUT2D eigenvalue weighted by Gasteiger charge is -2.27. The highest BCUT2D eigenvalue weighted by Gasteiger charge is 2.24. The van der Waals surface area contributed by atoms with Gasteiger partial charge in [0, 0.05) is 38.3 Å². The highest BCUT2D eigenvalue weighted by molar-refractivity contribution is 5.81. The SMILES string of the molecule is CC(C(=O)NCCc1ccc(F)cc1)N1CCCN(Cc2ccccc2F)CC1. The number of nitrogens with zero attached hydrogens (tertiary/aromatic N) is 2. The molecule has 1 fully saturated rings. The molecule has 1 heterocycles. The van der Waals surface area contributed by atoms with E-state index >= 15 is 0 Å². The molecule has 0 aliphatic carbocycles. The highest BCUT2D eigenvalue weighted by Crippen LogP contribution is 2.13. The smallest absolute Gasteiger partial charge is 0.237 e. The van der Waals surface area contributed by atoms with Gasteiger partial charge in [-0.15, -0.1) is 0 Å². The van der Waals surface area contributed by atoms with Crippen LogP contribution in [0.25, 0.3) is 0 Å². The van der Waals surface area contributed by atoms with E-state index in [9.17, 15) is 13.6 Å². The van der Waals surface area contributed by atoms with Gasteiger partial charge in [0.1, 0.15) is 11.6 Å².